The molecular formula is C14H18ClN3O. The van der Waals surface area contributed by atoms with Gasteiger partial charge in [0, 0.05) is 12.7 Å². The molecule has 0 aliphatic heterocycles. The second-order valence-electron chi connectivity index (χ2n) is 4.72. The van der Waals surface area contributed by atoms with E-state index in [0.717, 1.165) is 24.1 Å². The Morgan fingerprint density at radius 1 is 1.37 bits per heavy atom. The van der Waals surface area contributed by atoms with E-state index < -0.39 is 6.10 Å². The standard InChI is InChI=1S/C14H18ClN3O/c1-4-5-18-13(11(15)8-17-18)14(19)12-10(3)6-9(2)7-16-12/h6-8,14,19H,4-5H2,1-3H3. The third-order valence-electron chi connectivity index (χ3n) is 3.04. The molecule has 1 unspecified atom stereocenters. The molecule has 5 heteroatoms. The minimum absolute atomic E-state index is 0.475. The van der Waals surface area contributed by atoms with Crippen molar-refractivity contribution in [3.05, 3.63) is 46.0 Å². The lowest BCUT2D eigenvalue weighted by atomic mass is 10.1. The van der Waals surface area contributed by atoms with Crippen LogP contribution in [-0.4, -0.2) is 19.9 Å². The van der Waals surface area contributed by atoms with Gasteiger partial charge in [0.15, 0.2) is 0 Å². The zero-order chi connectivity index (χ0) is 14.0. The van der Waals surface area contributed by atoms with E-state index in [0.29, 0.717) is 16.4 Å². The summed E-state index contributed by atoms with van der Waals surface area (Å²) in [6, 6.07) is 2.00. The predicted molar refractivity (Wildman–Crippen MR) is 75.3 cm³/mol. The molecule has 4 nitrogen and oxygen atoms in total. The molecule has 2 aromatic rings. The van der Waals surface area contributed by atoms with E-state index in [-0.39, 0.29) is 0 Å². The molecule has 0 aromatic carbocycles. The summed E-state index contributed by atoms with van der Waals surface area (Å²) in [6.07, 6.45) is 3.40. The van der Waals surface area contributed by atoms with E-state index in [1.807, 2.05) is 19.9 Å². The van der Waals surface area contributed by atoms with Crippen LogP contribution in [0.5, 0.6) is 0 Å². The zero-order valence-electron chi connectivity index (χ0n) is 11.4. The van der Waals surface area contributed by atoms with Gasteiger partial charge in [0.1, 0.15) is 6.10 Å². The zero-order valence-corrected chi connectivity index (χ0v) is 12.1. The quantitative estimate of drug-likeness (QED) is 0.936. The van der Waals surface area contributed by atoms with Crippen LogP contribution in [0.3, 0.4) is 0 Å². The van der Waals surface area contributed by atoms with Crippen LogP contribution in [0.15, 0.2) is 18.5 Å². The molecule has 0 radical (unpaired) electrons. The number of pyridine rings is 1. The van der Waals surface area contributed by atoms with Gasteiger partial charge in [-0.1, -0.05) is 24.6 Å². The van der Waals surface area contributed by atoms with Crippen molar-refractivity contribution in [1.82, 2.24) is 14.8 Å². The Morgan fingerprint density at radius 3 is 2.74 bits per heavy atom. The lowest BCUT2D eigenvalue weighted by molar-refractivity contribution is 0.202. The van der Waals surface area contributed by atoms with Crippen molar-refractivity contribution in [2.75, 3.05) is 0 Å². The van der Waals surface area contributed by atoms with Gasteiger partial charge in [-0.25, -0.2) is 0 Å². The summed E-state index contributed by atoms with van der Waals surface area (Å²) in [6.45, 7) is 6.70. The molecule has 0 aliphatic rings. The Hall–Kier alpha value is -1.39. The van der Waals surface area contributed by atoms with Gasteiger partial charge in [-0.2, -0.15) is 5.10 Å². The van der Waals surface area contributed by atoms with Gasteiger partial charge in [0.25, 0.3) is 0 Å². The van der Waals surface area contributed by atoms with Gasteiger partial charge in [-0.05, 0) is 31.4 Å². The van der Waals surface area contributed by atoms with Crippen LogP contribution >= 0.6 is 11.6 Å². The van der Waals surface area contributed by atoms with Gasteiger partial charge in [0.05, 0.1) is 22.6 Å². The van der Waals surface area contributed by atoms with Crippen LogP contribution in [-0.2, 0) is 6.54 Å². The minimum Gasteiger partial charge on any atom is -0.380 e. The average Bonchev–Trinajstić information content (AvgIpc) is 2.70. The van der Waals surface area contributed by atoms with Crippen molar-refractivity contribution in [1.29, 1.82) is 0 Å². The van der Waals surface area contributed by atoms with Gasteiger partial charge in [0.2, 0.25) is 0 Å². The van der Waals surface area contributed by atoms with Crippen molar-refractivity contribution >= 4 is 11.6 Å². The lowest BCUT2D eigenvalue weighted by Crippen LogP contribution is -2.13. The number of nitrogens with zero attached hydrogens (tertiary/aromatic N) is 3. The third-order valence-corrected chi connectivity index (χ3v) is 3.33. The van der Waals surface area contributed by atoms with Gasteiger partial charge < -0.3 is 5.11 Å². The second-order valence-corrected chi connectivity index (χ2v) is 5.13. The average molecular weight is 280 g/mol. The van der Waals surface area contributed by atoms with E-state index in [9.17, 15) is 5.11 Å². The SMILES string of the molecule is CCCn1ncc(Cl)c1C(O)c1ncc(C)cc1C. The molecule has 0 bridgehead atoms. The fraction of sp³-hybridized carbons (Fsp3) is 0.429. The maximum Gasteiger partial charge on any atom is 0.139 e. The number of rotatable bonds is 4. The van der Waals surface area contributed by atoms with E-state index in [2.05, 4.69) is 17.0 Å². The molecular weight excluding hydrogens is 262 g/mol. The lowest BCUT2D eigenvalue weighted by Gasteiger charge is -2.15. The highest BCUT2D eigenvalue weighted by Gasteiger charge is 2.22. The van der Waals surface area contributed by atoms with Crippen molar-refractivity contribution in [2.45, 2.75) is 39.8 Å². The highest BCUT2D eigenvalue weighted by atomic mass is 35.5. The minimum atomic E-state index is -0.845. The van der Waals surface area contributed by atoms with Crippen molar-refractivity contribution in [2.24, 2.45) is 0 Å². The van der Waals surface area contributed by atoms with Gasteiger partial charge in [-0.15, -0.1) is 0 Å². The summed E-state index contributed by atoms with van der Waals surface area (Å²) >= 11 is 6.14. The van der Waals surface area contributed by atoms with Crippen LogP contribution in [0.1, 0.15) is 42.0 Å². The summed E-state index contributed by atoms with van der Waals surface area (Å²) in [5.41, 5.74) is 3.27. The Morgan fingerprint density at radius 2 is 2.11 bits per heavy atom. The topological polar surface area (TPSA) is 50.9 Å². The molecule has 2 rings (SSSR count). The normalized spacial score (nSPS) is 12.7. The van der Waals surface area contributed by atoms with Gasteiger partial charge >= 0.3 is 0 Å². The molecule has 0 amide bonds. The van der Waals surface area contributed by atoms with Crippen molar-refractivity contribution < 1.29 is 5.11 Å². The first-order valence-electron chi connectivity index (χ1n) is 6.37. The number of aliphatic hydroxyl groups is 1. The second kappa shape index (κ2) is 5.72. The van der Waals surface area contributed by atoms with Crippen molar-refractivity contribution in [3.8, 4) is 0 Å². The first kappa shape index (κ1) is 14.0. The molecule has 0 saturated heterocycles. The molecule has 2 aromatic heterocycles. The summed E-state index contributed by atoms with van der Waals surface area (Å²) in [4.78, 5) is 4.33. The molecule has 19 heavy (non-hydrogen) atoms. The van der Waals surface area contributed by atoms with E-state index in [1.54, 1.807) is 17.1 Å². The molecule has 1 atom stereocenters. The van der Waals surface area contributed by atoms with Crippen molar-refractivity contribution in [3.63, 3.8) is 0 Å². The van der Waals surface area contributed by atoms with E-state index in [1.165, 1.54) is 0 Å². The van der Waals surface area contributed by atoms with Gasteiger partial charge in [-0.3, -0.25) is 9.67 Å². The molecule has 0 spiro atoms. The maximum absolute atomic E-state index is 10.5. The Bertz CT molecular complexity index is 580. The first-order chi connectivity index (χ1) is 9.04. The fourth-order valence-corrected chi connectivity index (χ4v) is 2.42. The Kier molecular flexibility index (Phi) is 4.22. The Labute approximate surface area is 118 Å². The number of aryl methyl sites for hydroxylation is 3. The summed E-state index contributed by atoms with van der Waals surface area (Å²) < 4.78 is 1.74. The number of hydrogen-bond donors (Lipinski definition) is 1. The molecule has 2 heterocycles. The smallest absolute Gasteiger partial charge is 0.139 e. The van der Waals surface area contributed by atoms with Crippen LogP contribution in [0.25, 0.3) is 0 Å². The number of hydrogen-bond acceptors (Lipinski definition) is 3. The highest BCUT2D eigenvalue weighted by molar-refractivity contribution is 6.31. The molecule has 0 fully saturated rings. The van der Waals surface area contributed by atoms with E-state index >= 15 is 0 Å². The molecule has 1 N–H and O–H groups in total. The number of halogens is 1. The molecule has 0 saturated carbocycles. The Balaban J connectivity index is 2.43. The largest absolute Gasteiger partial charge is 0.380 e. The molecule has 102 valence electrons. The first-order valence-corrected chi connectivity index (χ1v) is 6.74. The maximum atomic E-state index is 10.5. The predicted octanol–water partition coefficient (Wildman–Crippen LogP) is 3.04. The van der Waals surface area contributed by atoms with Crippen LogP contribution < -0.4 is 0 Å². The van der Waals surface area contributed by atoms with Crippen LogP contribution in [0.2, 0.25) is 5.02 Å². The highest BCUT2D eigenvalue weighted by Crippen LogP contribution is 2.29. The summed E-state index contributed by atoms with van der Waals surface area (Å²) in [7, 11) is 0. The number of aliphatic hydroxyl groups excluding tert-OH is 1. The monoisotopic (exact) mass is 279 g/mol. The number of aromatic nitrogens is 3. The van der Waals surface area contributed by atoms with Crippen LogP contribution in [0.4, 0.5) is 0 Å². The summed E-state index contributed by atoms with van der Waals surface area (Å²) in [5.74, 6) is 0. The molecule has 0 aliphatic carbocycles. The summed E-state index contributed by atoms with van der Waals surface area (Å²) in [5, 5.41) is 15.2. The third kappa shape index (κ3) is 2.80. The van der Waals surface area contributed by atoms with E-state index in [4.69, 9.17) is 11.6 Å². The fourth-order valence-electron chi connectivity index (χ4n) is 2.18. The van der Waals surface area contributed by atoms with Crippen LogP contribution in [0, 0.1) is 13.8 Å².